The van der Waals surface area contributed by atoms with Crippen LogP contribution in [0.5, 0.6) is 0 Å². The molecule has 0 unspecified atom stereocenters. The Morgan fingerprint density at radius 1 is 1.21 bits per heavy atom. The summed E-state index contributed by atoms with van der Waals surface area (Å²) in [6.45, 7) is 3.91. The van der Waals surface area contributed by atoms with E-state index < -0.39 is 42.1 Å². The Balaban J connectivity index is 1.75. The lowest BCUT2D eigenvalue weighted by atomic mass is 9.89. The van der Waals surface area contributed by atoms with E-state index in [1.807, 2.05) is 37.3 Å². The summed E-state index contributed by atoms with van der Waals surface area (Å²) < 4.78 is 15.8. The molecule has 2 saturated heterocycles. The van der Waals surface area contributed by atoms with Crippen LogP contribution in [0.2, 0.25) is 0 Å². The molecule has 3 rings (SSSR count). The molecule has 0 aliphatic carbocycles. The predicted octanol–water partition coefficient (Wildman–Crippen LogP) is 2.01. The maximum absolute atomic E-state index is 12.8. The van der Waals surface area contributed by atoms with Crippen molar-refractivity contribution in [1.82, 2.24) is 5.06 Å². The van der Waals surface area contributed by atoms with Crippen LogP contribution in [0.15, 0.2) is 30.3 Å². The molecule has 2 aliphatic rings. The van der Waals surface area contributed by atoms with Crippen LogP contribution in [0.25, 0.3) is 0 Å². The van der Waals surface area contributed by atoms with Gasteiger partial charge < -0.3 is 14.2 Å². The number of unbranched alkanes of at least 4 members (excludes halogenated alkanes) is 1. The highest BCUT2D eigenvalue weighted by Crippen LogP contribution is 2.37. The highest BCUT2D eigenvalue weighted by atomic mass is 16.7. The fourth-order valence-corrected chi connectivity index (χ4v) is 3.59. The van der Waals surface area contributed by atoms with Crippen LogP contribution in [0.1, 0.15) is 38.7 Å². The third-order valence-corrected chi connectivity index (χ3v) is 5.01. The zero-order valence-corrected chi connectivity index (χ0v) is 16.7. The molecule has 8 nitrogen and oxygen atoms in total. The number of fused-ring (bicyclic) bond motifs is 1. The number of rotatable bonds is 8. The summed E-state index contributed by atoms with van der Waals surface area (Å²) in [6.07, 6.45) is 0.855. The first-order chi connectivity index (χ1) is 14.0. The van der Waals surface area contributed by atoms with E-state index in [-0.39, 0.29) is 6.61 Å². The van der Waals surface area contributed by atoms with Gasteiger partial charge in [0, 0.05) is 13.3 Å². The fraction of sp³-hybridized carbons (Fsp3) is 0.571. The Kier molecular flexibility index (Phi) is 7.22. The van der Waals surface area contributed by atoms with Crippen molar-refractivity contribution < 1.29 is 33.4 Å². The predicted molar refractivity (Wildman–Crippen MR) is 101 cm³/mol. The van der Waals surface area contributed by atoms with Crippen molar-refractivity contribution in [2.75, 3.05) is 13.2 Å². The number of ether oxygens (including phenoxy) is 3. The molecule has 2 heterocycles. The van der Waals surface area contributed by atoms with E-state index in [1.165, 1.54) is 12.0 Å². The number of carbonyl (C=O) groups excluding carboxylic acids is 3. The molecule has 2 fully saturated rings. The number of cyclic esters (lactones) is 1. The first kappa shape index (κ1) is 21.3. The zero-order valence-electron chi connectivity index (χ0n) is 16.7. The van der Waals surface area contributed by atoms with Crippen molar-refractivity contribution in [2.45, 2.75) is 57.9 Å². The van der Waals surface area contributed by atoms with E-state index >= 15 is 0 Å². The van der Waals surface area contributed by atoms with Crippen molar-refractivity contribution in [3.63, 3.8) is 0 Å². The van der Waals surface area contributed by atoms with Crippen molar-refractivity contribution in [3.8, 4) is 0 Å². The van der Waals surface area contributed by atoms with Gasteiger partial charge in [0.05, 0.1) is 19.3 Å². The highest BCUT2D eigenvalue weighted by Gasteiger charge is 2.56. The Morgan fingerprint density at radius 3 is 2.66 bits per heavy atom. The Labute approximate surface area is 170 Å². The summed E-state index contributed by atoms with van der Waals surface area (Å²) in [4.78, 5) is 42.6. The lowest BCUT2D eigenvalue weighted by Gasteiger charge is -2.30. The maximum atomic E-state index is 12.8. The standard InChI is InChI=1S/C21H27NO7/c1-3-4-10-26-21(25)19-18-17(11-16(28-20(18)24)13-27-14(2)23)29-22(19)12-15-8-6-5-7-9-15/h5-9,16-19H,3-4,10-13H2,1-2H3/t16-,17+,18-,19-/m0/s1. The van der Waals surface area contributed by atoms with E-state index in [0.29, 0.717) is 19.6 Å². The summed E-state index contributed by atoms with van der Waals surface area (Å²) in [5, 5.41) is 1.52. The molecule has 0 radical (unpaired) electrons. The van der Waals surface area contributed by atoms with Gasteiger partial charge in [-0.25, -0.2) is 0 Å². The second-order valence-corrected chi connectivity index (χ2v) is 7.29. The number of carbonyl (C=O) groups is 3. The quantitative estimate of drug-likeness (QED) is 0.369. The third-order valence-electron chi connectivity index (χ3n) is 5.01. The van der Waals surface area contributed by atoms with E-state index in [2.05, 4.69) is 0 Å². The second-order valence-electron chi connectivity index (χ2n) is 7.29. The summed E-state index contributed by atoms with van der Waals surface area (Å²) in [5.41, 5.74) is 0.947. The van der Waals surface area contributed by atoms with Crippen LogP contribution in [0.3, 0.4) is 0 Å². The Bertz CT molecular complexity index is 723. The molecule has 2 aliphatic heterocycles. The second kappa shape index (κ2) is 9.84. The minimum absolute atomic E-state index is 0.0298. The van der Waals surface area contributed by atoms with E-state index in [9.17, 15) is 14.4 Å². The van der Waals surface area contributed by atoms with Crippen LogP contribution in [-0.4, -0.2) is 54.4 Å². The van der Waals surface area contributed by atoms with Gasteiger partial charge in [0.2, 0.25) is 0 Å². The summed E-state index contributed by atoms with van der Waals surface area (Å²) in [6, 6.07) is 8.67. The molecule has 0 bridgehead atoms. The molecular weight excluding hydrogens is 378 g/mol. The molecule has 1 aromatic rings. The van der Waals surface area contributed by atoms with E-state index in [0.717, 1.165) is 18.4 Å². The van der Waals surface area contributed by atoms with E-state index in [4.69, 9.17) is 19.0 Å². The van der Waals surface area contributed by atoms with Crippen LogP contribution in [0.4, 0.5) is 0 Å². The SMILES string of the molecule is CCCCOC(=O)[C@@H]1[C@H]2C(=O)O[C@H](COC(C)=O)C[C@H]2ON1Cc1ccccc1. The summed E-state index contributed by atoms with van der Waals surface area (Å²) >= 11 is 0. The van der Waals surface area contributed by atoms with Gasteiger partial charge in [-0.3, -0.25) is 19.2 Å². The number of hydrogen-bond donors (Lipinski definition) is 0. The molecule has 8 heteroatoms. The number of hydrogen-bond acceptors (Lipinski definition) is 8. The minimum atomic E-state index is -0.876. The zero-order chi connectivity index (χ0) is 20.8. The molecule has 0 saturated carbocycles. The monoisotopic (exact) mass is 405 g/mol. The largest absolute Gasteiger partial charge is 0.464 e. The molecule has 29 heavy (non-hydrogen) atoms. The smallest absolute Gasteiger partial charge is 0.326 e. The minimum Gasteiger partial charge on any atom is -0.464 e. The summed E-state index contributed by atoms with van der Waals surface area (Å²) in [7, 11) is 0. The molecule has 0 aromatic heterocycles. The van der Waals surface area contributed by atoms with Crippen LogP contribution < -0.4 is 0 Å². The highest BCUT2D eigenvalue weighted by molar-refractivity contribution is 5.86. The van der Waals surface area contributed by atoms with Gasteiger partial charge >= 0.3 is 17.9 Å². The fourth-order valence-electron chi connectivity index (χ4n) is 3.59. The topological polar surface area (TPSA) is 91.4 Å². The van der Waals surface area contributed by atoms with Gasteiger partial charge in [-0.2, -0.15) is 5.06 Å². The Morgan fingerprint density at radius 2 is 1.97 bits per heavy atom. The van der Waals surface area contributed by atoms with Gasteiger partial charge in [0.25, 0.3) is 0 Å². The average Bonchev–Trinajstić information content (AvgIpc) is 3.05. The molecule has 4 atom stereocenters. The van der Waals surface area contributed by atoms with Gasteiger partial charge in [-0.05, 0) is 12.0 Å². The van der Waals surface area contributed by atoms with Crippen LogP contribution in [-0.2, 0) is 40.0 Å². The van der Waals surface area contributed by atoms with Crippen LogP contribution in [0, 0.1) is 5.92 Å². The van der Waals surface area contributed by atoms with Gasteiger partial charge in [0.15, 0.2) is 0 Å². The average molecular weight is 405 g/mol. The first-order valence-electron chi connectivity index (χ1n) is 9.97. The number of benzene rings is 1. The van der Waals surface area contributed by atoms with Gasteiger partial charge in [-0.1, -0.05) is 43.7 Å². The van der Waals surface area contributed by atoms with Gasteiger partial charge in [-0.15, -0.1) is 0 Å². The van der Waals surface area contributed by atoms with Crippen molar-refractivity contribution >= 4 is 17.9 Å². The maximum Gasteiger partial charge on any atom is 0.326 e. The number of hydroxylamine groups is 2. The lowest BCUT2D eigenvalue weighted by Crippen LogP contribution is -2.48. The van der Waals surface area contributed by atoms with Crippen molar-refractivity contribution in [2.24, 2.45) is 5.92 Å². The van der Waals surface area contributed by atoms with Gasteiger partial charge in [0.1, 0.15) is 24.7 Å². The molecule has 158 valence electrons. The number of esters is 3. The lowest BCUT2D eigenvalue weighted by molar-refractivity contribution is -0.196. The van der Waals surface area contributed by atoms with E-state index in [1.54, 1.807) is 0 Å². The first-order valence-corrected chi connectivity index (χ1v) is 9.97. The molecule has 0 spiro atoms. The summed E-state index contributed by atoms with van der Waals surface area (Å²) in [5.74, 6) is -2.25. The van der Waals surface area contributed by atoms with Crippen LogP contribution >= 0.6 is 0 Å². The Hall–Kier alpha value is -2.45. The third kappa shape index (κ3) is 5.33. The molecule has 0 amide bonds. The number of nitrogens with zero attached hydrogens (tertiary/aromatic N) is 1. The molecule has 1 aromatic carbocycles. The van der Waals surface area contributed by atoms with Crippen molar-refractivity contribution in [1.29, 1.82) is 0 Å². The molecule has 0 N–H and O–H groups in total. The molecular formula is C21H27NO7. The van der Waals surface area contributed by atoms with Crippen molar-refractivity contribution in [3.05, 3.63) is 35.9 Å². The normalized spacial score (nSPS) is 26.5.